The zero-order valence-corrected chi connectivity index (χ0v) is 11.0. The van der Waals surface area contributed by atoms with Gasteiger partial charge < -0.3 is 28.4 Å². The fraction of sp³-hybridized carbons (Fsp3) is 0.750. The molecule has 3 N–H and O–H groups in total. The van der Waals surface area contributed by atoms with Crippen molar-refractivity contribution in [2.45, 2.75) is 20.8 Å². The van der Waals surface area contributed by atoms with Crippen LogP contribution in [0.1, 0.15) is 20.8 Å². The first-order valence-corrected chi connectivity index (χ1v) is 6.87. The van der Waals surface area contributed by atoms with Gasteiger partial charge in [0.2, 0.25) is 0 Å². The van der Waals surface area contributed by atoms with Crippen molar-refractivity contribution >= 4 is 16.1 Å². The van der Waals surface area contributed by atoms with E-state index in [0.29, 0.717) is 19.8 Å². The first kappa shape index (κ1) is 18.2. The monoisotopic (exact) mass is 252 g/mol. The van der Waals surface area contributed by atoms with Crippen molar-refractivity contribution in [1.29, 1.82) is 0 Å². The third-order valence-electron chi connectivity index (χ3n) is 1.29. The molecule has 0 saturated carbocycles. The number of hydrogen-bond donors (Lipinski definition) is 3. The summed E-state index contributed by atoms with van der Waals surface area (Å²) in [6, 6.07) is 0. The summed E-state index contributed by atoms with van der Waals surface area (Å²) in [5.41, 5.74) is 1.67. The molecule has 0 unspecified atom stereocenters. The Morgan fingerprint density at radius 2 is 1.25 bits per heavy atom. The van der Waals surface area contributed by atoms with Gasteiger partial charge in [0.05, 0.1) is 0 Å². The van der Waals surface area contributed by atoms with E-state index in [9.17, 15) is 0 Å². The summed E-state index contributed by atoms with van der Waals surface area (Å²) in [5.74, 6) is 0. The molecule has 0 aliphatic rings. The predicted molar refractivity (Wildman–Crippen MR) is 63.2 cm³/mol. The highest BCUT2D eigenvalue weighted by atomic mass is 28.4. The maximum absolute atomic E-state index is 7.17. The zero-order chi connectivity index (χ0) is 13.0. The van der Waals surface area contributed by atoms with Crippen molar-refractivity contribution in [3.8, 4) is 0 Å². The molecule has 0 heterocycles. The summed E-state index contributed by atoms with van der Waals surface area (Å²) in [5, 5.41) is 21.5. The molecule has 0 aliphatic heterocycles. The lowest BCUT2D eigenvalue weighted by atomic mass is 10.3. The van der Waals surface area contributed by atoms with Crippen LogP contribution in [0.4, 0.5) is 0 Å². The number of hydrogen-bond acceptors (Lipinski definition) is 6. The largest absolute Gasteiger partial charge is 0.631 e. The highest BCUT2D eigenvalue weighted by Gasteiger charge is 2.36. The lowest BCUT2D eigenvalue weighted by Gasteiger charge is -2.24. The van der Waals surface area contributed by atoms with Crippen LogP contribution in [0, 0.1) is 0 Å². The van der Waals surface area contributed by atoms with Gasteiger partial charge in [-0.05, 0) is 26.5 Å². The van der Waals surface area contributed by atoms with Crippen molar-refractivity contribution in [2.24, 2.45) is 0 Å². The van der Waals surface area contributed by atoms with Crippen molar-refractivity contribution in [2.75, 3.05) is 19.8 Å². The molecule has 16 heavy (non-hydrogen) atoms. The Labute approximate surface area is 98.0 Å². The fourth-order valence-electron chi connectivity index (χ4n) is 0.905. The summed E-state index contributed by atoms with van der Waals surface area (Å²) in [7, 11) is -4.67. The van der Waals surface area contributed by atoms with Crippen LogP contribution in [0.2, 0.25) is 0 Å². The third-order valence-corrected chi connectivity index (χ3v) is 3.86. The second-order valence-electron chi connectivity index (χ2n) is 2.45. The topological polar surface area (TPSA) is 88.4 Å². The third kappa shape index (κ3) is 10.3. The van der Waals surface area contributed by atoms with E-state index in [2.05, 4.69) is 6.58 Å². The summed E-state index contributed by atoms with van der Waals surface area (Å²) < 4.78 is 16.3. The zero-order valence-electron chi connectivity index (χ0n) is 10.0. The van der Waals surface area contributed by atoms with E-state index >= 15 is 0 Å². The van der Waals surface area contributed by atoms with Crippen LogP contribution >= 0.6 is 0 Å². The summed E-state index contributed by atoms with van der Waals surface area (Å²) in [6.45, 7) is 11.2. The van der Waals surface area contributed by atoms with Crippen LogP contribution in [-0.2, 0) is 13.3 Å². The molecule has 0 aromatic heterocycles. The fourth-order valence-corrected chi connectivity index (χ4v) is 2.72. The molecular weight excluding hydrogens is 231 g/mol. The van der Waals surface area contributed by atoms with Gasteiger partial charge in [0, 0.05) is 19.8 Å². The average Bonchev–Trinajstić information content (AvgIpc) is 2.18. The summed E-state index contributed by atoms with van der Waals surface area (Å²) in [4.78, 5) is 0. The van der Waals surface area contributed by atoms with Crippen molar-refractivity contribution in [1.82, 2.24) is 0 Å². The molecule has 0 aliphatic carbocycles. The van der Waals surface area contributed by atoms with Gasteiger partial charge in [-0.3, -0.25) is 0 Å². The van der Waals surface area contributed by atoms with E-state index < -0.39 is 16.1 Å². The van der Waals surface area contributed by atoms with Crippen LogP contribution < -0.4 is 0 Å². The lowest BCUT2D eigenvalue weighted by Crippen LogP contribution is -2.44. The normalized spacial score (nSPS) is 10.4. The lowest BCUT2D eigenvalue weighted by molar-refractivity contribution is 0.0844. The quantitative estimate of drug-likeness (QED) is 0.539. The Morgan fingerprint density at radius 1 is 1.00 bits per heavy atom. The molecule has 0 aromatic rings. The molecule has 0 bridgehead atoms. The van der Waals surface area contributed by atoms with Crippen LogP contribution in [0.5, 0.6) is 0 Å². The Bertz CT molecular complexity index is 149. The first-order valence-electron chi connectivity index (χ1n) is 5.07. The van der Waals surface area contributed by atoms with Crippen LogP contribution in [-0.4, -0.2) is 51.0 Å². The predicted octanol–water partition coefficient (Wildman–Crippen LogP) is -0.292. The maximum atomic E-state index is 7.17. The Morgan fingerprint density at radius 3 is 1.38 bits per heavy atom. The maximum Gasteiger partial charge on any atom is 0.631 e. The summed E-state index contributed by atoms with van der Waals surface area (Å²) >= 11 is 0. The molecule has 0 radical (unpaired) electrons. The molecule has 0 aromatic carbocycles. The van der Waals surface area contributed by atoms with Gasteiger partial charge in [0.15, 0.2) is 0 Å². The average molecular weight is 252 g/mol. The molecule has 0 amide bonds. The van der Waals surface area contributed by atoms with E-state index in [1.54, 1.807) is 5.70 Å². The van der Waals surface area contributed by atoms with Gasteiger partial charge in [0.25, 0.3) is 0 Å². The van der Waals surface area contributed by atoms with Crippen LogP contribution in [0.15, 0.2) is 12.3 Å². The second-order valence-corrected chi connectivity index (χ2v) is 4.93. The Balaban J connectivity index is 0. The molecule has 8 heteroatoms. The molecule has 0 saturated heterocycles. The highest BCUT2D eigenvalue weighted by molar-refractivity contribution is 6.66. The minimum Gasteiger partial charge on any atom is -0.402 e. The standard InChI is InChI=1S/C8H18O3Si.BH3O3/c1-5-9-12(8-4,10-6-2)11-7-3;2-1(3)4/h8H,4-7H2,1-3H3;2-4H. The molecule has 96 valence electrons. The molecule has 0 rings (SSSR count). The minimum atomic E-state index is -2.51. The van der Waals surface area contributed by atoms with Gasteiger partial charge in [0.1, 0.15) is 0 Å². The van der Waals surface area contributed by atoms with Crippen molar-refractivity contribution < 1.29 is 28.4 Å². The SMILES string of the molecule is C=C[Si](OCC)(OCC)OCC.OB(O)O. The summed E-state index contributed by atoms with van der Waals surface area (Å²) in [6.07, 6.45) is 0. The van der Waals surface area contributed by atoms with Gasteiger partial charge in [-0.1, -0.05) is 6.58 Å². The van der Waals surface area contributed by atoms with Crippen molar-refractivity contribution in [3.63, 3.8) is 0 Å². The second kappa shape index (κ2) is 11.3. The van der Waals surface area contributed by atoms with E-state index in [4.69, 9.17) is 28.4 Å². The van der Waals surface area contributed by atoms with Gasteiger partial charge in [-0.2, -0.15) is 0 Å². The van der Waals surface area contributed by atoms with E-state index in [-0.39, 0.29) is 0 Å². The molecule has 6 nitrogen and oxygen atoms in total. The number of rotatable bonds is 7. The molecular formula is C8H21BO6Si. The first-order chi connectivity index (χ1) is 7.47. The van der Waals surface area contributed by atoms with Gasteiger partial charge in [-0.15, -0.1) is 0 Å². The molecule has 0 spiro atoms. The highest BCUT2D eigenvalue weighted by Crippen LogP contribution is 2.10. The van der Waals surface area contributed by atoms with Crippen molar-refractivity contribution in [3.05, 3.63) is 12.3 Å². The van der Waals surface area contributed by atoms with E-state index in [0.717, 1.165) is 0 Å². The van der Waals surface area contributed by atoms with Crippen LogP contribution in [0.3, 0.4) is 0 Å². The Hall–Kier alpha value is -0.218. The Kier molecular flexibility index (Phi) is 12.8. The van der Waals surface area contributed by atoms with E-state index in [1.807, 2.05) is 20.8 Å². The van der Waals surface area contributed by atoms with E-state index in [1.165, 1.54) is 0 Å². The molecule has 0 atom stereocenters. The van der Waals surface area contributed by atoms with Gasteiger partial charge in [-0.25, -0.2) is 0 Å². The smallest absolute Gasteiger partial charge is 0.402 e. The minimum absolute atomic E-state index is 0.595. The van der Waals surface area contributed by atoms with Crippen LogP contribution in [0.25, 0.3) is 0 Å². The van der Waals surface area contributed by atoms with Gasteiger partial charge >= 0.3 is 16.1 Å². The molecule has 0 fully saturated rings.